The van der Waals surface area contributed by atoms with E-state index in [1.807, 2.05) is 25.0 Å². The van der Waals surface area contributed by atoms with Gasteiger partial charge in [0.1, 0.15) is 0 Å². The highest BCUT2D eigenvalue weighted by atomic mass is 31.0. The van der Waals surface area contributed by atoms with E-state index in [-0.39, 0.29) is 0 Å². The summed E-state index contributed by atoms with van der Waals surface area (Å²) in [5.41, 5.74) is 3.66. The van der Waals surface area contributed by atoms with Gasteiger partial charge in [-0.2, -0.15) is 0 Å². The van der Waals surface area contributed by atoms with E-state index in [2.05, 4.69) is 58.4 Å². The van der Waals surface area contributed by atoms with Crippen molar-refractivity contribution in [2.75, 3.05) is 6.66 Å². The Bertz CT molecular complexity index is 438. The first-order chi connectivity index (χ1) is 8.29. The number of aromatic nitrogens is 1. The van der Waals surface area contributed by atoms with Gasteiger partial charge < -0.3 is 0 Å². The maximum Gasteiger partial charge on any atom is 0.0704 e. The Morgan fingerprint density at radius 3 is 2.18 bits per heavy atom. The molecular weight excluding hydrogens is 225 g/mol. The minimum Gasteiger partial charge on any atom is -0.256 e. The van der Waals surface area contributed by atoms with Crippen molar-refractivity contribution in [2.24, 2.45) is 0 Å². The van der Waals surface area contributed by atoms with E-state index < -0.39 is 0 Å². The highest BCUT2D eigenvalue weighted by molar-refractivity contribution is 7.15. The van der Waals surface area contributed by atoms with Crippen LogP contribution in [0.25, 0.3) is 11.3 Å². The fraction of sp³-hybridized carbons (Fsp3) is 0.267. The molecule has 1 unspecified atom stereocenters. The molecule has 1 atom stereocenters. The highest BCUT2D eigenvalue weighted by Gasteiger charge is 2.07. The summed E-state index contributed by atoms with van der Waals surface area (Å²) in [4.78, 5) is 4.39. The summed E-state index contributed by atoms with van der Waals surface area (Å²) in [5.74, 6) is 0.531. The van der Waals surface area contributed by atoms with Gasteiger partial charge in [-0.15, -0.1) is 9.24 Å². The number of hydrogen-bond acceptors (Lipinski definition) is 1. The number of pyridine rings is 1. The Kier molecular flexibility index (Phi) is 5.86. The van der Waals surface area contributed by atoms with Crippen LogP contribution in [0.1, 0.15) is 25.3 Å². The zero-order valence-electron chi connectivity index (χ0n) is 10.7. The molecule has 0 N–H and O–H groups in total. The Labute approximate surface area is 107 Å². The quantitative estimate of drug-likeness (QED) is 0.716. The van der Waals surface area contributed by atoms with Crippen LogP contribution in [0.3, 0.4) is 0 Å². The zero-order chi connectivity index (χ0) is 12.7. The molecule has 0 bridgehead atoms. The van der Waals surface area contributed by atoms with Crippen molar-refractivity contribution in [3.63, 3.8) is 0 Å². The number of hydrogen-bond donors (Lipinski definition) is 0. The van der Waals surface area contributed by atoms with Crippen LogP contribution in [0.5, 0.6) is 0 Å². The van der Waals surface area contributed by atoms with Crippen molar-refractivity contribution in [3.05, 3.63) is 54.2 Å². The summed E-state index contributed by atoms with van der Waals surface area (Å²) in [7, 11) is 2.42. The third kappa shape index (κ3) is 3.64. The Balaban J connectivity index is 0.000000686. The SMILES string of the molecule is CC(C)c1ccccc1-c1ccccn1.CP. The van der Waals surface area contributed by atoms with Gasteiger partial charge in [-0.25, -0.2) is 0 Å². The van der Waals surface area contributed by atoms with Gasteiger partial charge in [0.25, 0.3) is 0 Å². The molecule has 0 saturated carbocycles. The average molecular weight is 245 g/mol. The van der Waals surface area contributed by atoms with E-state index >= 15 is 0 Å². The van der Waals surface area contributed by atoms with Crippen molar-refractivity contribution in [2.45, 2.75) is 19.8 Å². The molecule has 2 aromatic rings. The van der Waals surface area contributed by atoms with E-state index in [9.17, 15) is 0 Å². The predicted octanol–water partition coefficient (Wildman–Crippen LogP) is 4.36. The normalized spacial score (nSPS) is 9.71. The molecule has 2 rings (SSSR count). The molecule has 1 aromatic carbocycles. The summed E-state index contributed by atoms with van der Waals surface area (Å²) in [5, 5.41) is 0. The number of nitrogens with zero attached hydrogens (tertiary/aromatic N) is 1. The smallest absolute Gasteiger partial charge is 0.0704 e. The van der Waals surface area contributed by atoms with E-state index in [4.69, 9.17) is 0 Å². The summed E-state index contributed by atoms with van der Waals surface area (Å²) in [6.45, 7) is 6.34. The van der Waals surface area contributed by atoms with E-state index in [1.54, 1.807) is 0 Å². The highest BCUT2D eigenvalue weighted by Crippen LogP contribution is 2.27. The topological polar surface area (TPSA) is 12.9 Å². The van der Waals surface area contributed by atoms with Crippen LogP contribution < -0.4 is 0 Å². The standard InChI is InChI=1S/C14H15N.CH5P/c1-11(2)12-7-3-4-8-13(12)14-9-5-6-10-15-14;1-2/h3-11H,1-2H3;2H2,1H3. The van der Waals surface area contributed by atoms with Crippen molar-refractivity contribution < 1.29 is 0 Å². The van der Waals surface area contributed by atoms with Gasteiger partial charge in [0.2, 0.25) is 0 Å². The summed E-state index contributed by atoms with van der Waals surface area (Å²) in [6, 6.07) is 14.5. The van der Waals surface area contributed by atoms with Crippen LogP contribution >= 0.6 is 9.24 Å². The van der Waals surface area contributed by atoms with Crippen LogP contribution in [-0.4, -0.2) is 11.6 Å². The summed E-state index contributed by atoms with van der Waals surface area (Å²) < 4.78 is 0. The largest absolute Gasteiger partial charge is 0.256 e. The molecule has 0 amide bonds. The van der Waals surface area contributed by atoms with E-state index in [0.717, 1.165) is 5.69 Å². The van der Waals surface area contributed by atoms with E-state index in [1.165, 1.54) is 11.1 Å². The second-order valence-corrected chi connectivity index (χ2v) is 3.96. The van der Waals surface area contributed by atoms with Crippen LogP contribution in [0.2, 0.25) is 0 Å². The first-order valence-corrected chi connectivity index (χ1v) is 7.02. The van der Waals surface area contributed by atoms with Gasteiger partial charge in [-0.05, 0) is 23.6 Å². The van der Waals surface area contributed by atoms with Crippen molar-refractivity contribution >= 4 is 9.24 Å². The lowest BCUT2D eigenvalue weighted by Crippen LogP contribution is -1.93. The molecule has 0 aliphatic heterocycles. The summed E-state index contributed by atoms with van der Waals surface area (Å²) in [6.07, 6.45) is 1.84. The van der Waals surface area contributed by atoms with E-state index in [0.29, 0.717) is 5.92 Å². The fourth-order valence-corrected chi connectivity index (χ4v) is 1.76. The monoisotopic (exact) mass is 245 g/mol. The van der Waals surface area contributed by atoms with Crippen molar-refractivity contribution in [1.29, 1.82) is 0 Å². The Morgan fingerprint density at radius 2 is 1.59 bits per heavy atom. The first-order valence-electron chi connectivity index (χ1n) is 5.87. The third-order valence-corrected chi connectivity index (χ3v) is 2.52. The molecule has 1 aromatic heterocycles. The number of rotatable bonds is 2. The minimum atomic E-state index is 0.531. The van der Waals surface area contributed by atoms with Gasteiger partial charge in [0.15, 0.2) is 0 Å². The molecule has 0 fully saturated rings. The molecule has 0 spiro atoms. The van der Waals surface area contributed by atoms with Crippen molar-refractivity contribution in [3.8, 4) is 11.3 Å². The number of benzene rings is 1. The minimum absolute atomic E-state index is 0.531. The van der Waals surface area contributed by atoms with Crippen molar-refractivity contribution in [1.82, 2.24) is 4.98 Å². The van der Waals surface area contributed by atoms with Gasteiger partial charge in [0, 0.05) is 11.8 Å². The zero-order valence-corrected chi connectivity index (χ0v) is 11.9. The maximum absolute atomic E-state index is 4.39. The Morgan fingerprint density at radius 1 is 0.941 bits per heavy atom. The molecule has 0 aliphatic carbocycles. The average Bonchev–Trinajstić information content (AvgIpc) is 2.42. The molecule has 0 saturated heterocycles. The molecule has 1 nitrogen and oxygen atoms in total. The molecule has 1 heterocycles. The second-order valence-electron chi connectivity index (χ2n) is 3.96. The van der Waals surface area contributed by atoms with Gasteiger partial charge in [-0.1, -0.05) is 50.8 Å². The van der Waals surface area contributed by atoms with Crippen LogP contribution in [0.4, 0.5) is 0 Å². The predicted molar refractivity (Wildman–Crippen MR) is 79.4 cm³/mol. The fourth-order valence-electron chi connectivity index (χ4n) is 1.76. The third-order valence-electron chi connectivity index (χ3n) is 2.52. The Hall–Kier alpha value is -1.20. The lowest BCUT2D eigenvalue weighted by molar-refractivity contribution is 0.868. The van der Waals surface area contributed by atoms with Crippen LogP contribution in [0.15, 0.2) is 48.7 Å². The molecule has 17 heavy (non-hydrogen) atoms. The second kappa shape index (κ2) is 7.19. The summed E-state index contributed by atoms with van der Waals surface area (Å²) >= 11 is 0. The van der Waals surface area contributed by atoms with Gasteiger partial charge >= 0.3 is 0 Å². The van der Waals surface area contributed by atoms with Crippen LogP contribution in [0, 0.1) is 0 Å². The first kappa shape index (κ1) is 13.9. The molecule has 0 radical (unpaired) electrons. The van der Waals surface area contributed by atoms with Gasteiger partial charge in [0.05, 0.1) is 5.69 Å². The molecule has 2 heteroatoms. The molecule has 0 aliphatic rings. The molecule has 90 valence electrons. The lowest BCUT2D eigenvalue weighted by atomic mass is 9.95. The maximum atomic E-state index is 4.39. The lowest BCUT2D eigenvalue weighted by Gasteiger charge is -2.11. The van der Waals surface area contributed by atoms with Crippen LogP contribution in [-0.2, 0) is 0 Å². The van der Waals surface area contributed by atoms with Gasteiger partial charge in [-0.3, -0.25) is 4.98 Å². The molecular formula is C15H20NP.